The van der Waals surface area contributed by atoms with E-state index in [0.717, 1.165) is 4.31 Å². The molecule has 31 heavy (non-hydrogen) atoms. The van der Waals surface area contributed by atoms with Crippen LogP contribution in [0, 0.1) is 0 Å². The molecule has 166 valence electrons. The van der Waals surface area contributed by atoms with Gasteiger partial charge < -0.3 is 11.1 Å². The molecule has 0 aliphatic carbocycles. The first kappa shape index (κ1) is 23.1. The summed E-state index contributed by atoms with van der Waals surface area (Å²) in [4.78, 5) is 24.7. The monoisotopic (exact) mass is 465 g/mol. The number of sulfone groups is 1. The molecule has 3 rings (SSSR count). The second kappa shape index (κ2) is 9.27. The van der Waals surface area contributed by atoms with Crippen LogP contribution in [0.5, 0.6) is 0 Å². The van der Waals surface area contributed by atoms with Gasteiger partial charge >= 0.3 is 0 Å². The SMILES string of the molecule is NC(CS(=O)(=O)Cc1ccccc1)C(=O)NC1CN(S(=O)(=O)c2ccccc2)CC1=O. The van der Waals surface area contributed by atoms with Crippen molar-refractivity contribution in [1.29, 1.82) is 0 Å². The summed E-state index contributed by atoms with van der Waals surface area (Å²) in [6.45, 7) is -0.630. The number of carbonyl (C=O) groups is 2. The van der Waals surface area contributed by atoms with Crippen molar-refractivity contribution in [3.05, 3.63) is 66.2 Å². The number of hydrogen-bond donors (Lipinski definition) is 2. The lowest BCUT2D eigenvalue weighted by Gasteiger charge is -2.18. The minimum absolute atomic E-state index is 0.0403. The number of carbonyl (C=O) groups excluding carboxylic acids is 2. The summed E-state index contributed by atoms with van der Waals surface area (Å²) in [6, 6.07) is 13.6. The smallest absolute Gasteiger partial charge is 0.243 e. The van der Waals surface area contributed by atoms with Crippen LogP contribution in [0.3, 0.4) is 0 Å². The van der Waals surface area contributed by atoms with Crippen molar-refractivity contribution >= 4 is 31.6 Å². The highest BCUT2D eigenvalue weighted by molar-refractivity contribution is 7.90. The van der Waals surface area contributed by atoms with Crippen LogP contribution >= 0.6 is 0 Å². The van der Waals surface area contributed by atoms with Crippen LogP contribution < -0.4 is 11.1 Å². The fourth-order valence-corrected chi connectivity index (χ4v) is 6.18. The maximum Gasteiger partial charge on any atom is 0.243 e. The molecule has 2 aromatic rings. The normalized spacial score (nSPS) is 18.6. The van der Waals surface area contributed by atoms with Crippen LogP contribution in [0.15, 0.2) is 65.6 Å². The Morgan fingerprint density at radius 1 is 1.03 bits per heavy atom. The Bertz CT molecular complexity index is 1150. The summed E-state index contributed by atoms with van der Waals surface area (Å²) in [7, 11) is -7.56. The molecular formula is C20H23N3O6S2. The van der Waals surface area contributed by atoms with Gasteiger partial charge in [-0.1, -0.05) is 48.5 Å². The van der Waals surface area contributed by atoms with Crippen molar-refractivity contribution in [2.75, 3.05) is 18.8 Å². The van der Waals surface area contributed by atoms with Gasteiger partial charge in [0.05, 0.1) is 29.0 Å². The molecule has 2 aromatic carbocycles. The van der Waals surface area contributed by atoms with E-state index in [1.54, 1.807) is 48.5 Å². The topological polar surface area (TPSA) is 144 Å². The molecule has 1 amide bonds. The van der Waals surface area contributed by atoms with E-state index in [2.05, 4.69) is 5.32 Å². The van der Waals surface area contributed by atoms with E-state index < -0.39 is 49.4 Å². The summed E-state index contributed by atoms with van der Waals surface area (Å²) < 4.78 is 51.0. The number of rotatable bonds is 8. The van der Waals surface area contributed by atoms with Crippen molar-refractivity contribution < 1.29 is 26.4 Å². The number of nitrogens with zero attached hydrogens (tertiary/aromatic N) is 1. The highest BCUT2D eigenvalue weighted by Gasteiger charge is 2.39. The number of sulfonamides is 1. The Kier molecular flexibility index (Phi) is 6.90. The Morgan fingerprint density at radius 3 is 2.23 bits per heavy atom. The average Bonchev–Trinajstić information content (AvgIpc) is 3.09. The maximum atomic E-state index is 12.7. The molecule has 11 heteroatoms. The van der Waals surface area contributed by atoms with Crippen molar-refractivity contribution in [1.82, 2.24) is 9.62 Å². The van der Waals surface area contributed by atoms with Crippen LogP contribution in [0.25, 0.3) is 0 Å². The van der Waals surface area contributed by atoms with Crippen molar-refractivity contribution in [3.63, 3.8) is 0 Å². The lowest BCUT2D eigenvalue weighted by Crippen LogP contribution is -2.51. The molecule has 1 heterocycles. The Labute approximate surface area is 181 Å². The molecule has 1 saturated heterocycles. The van der Waals surface area contributed by atoms with Crippen LogP contribution in [0.2, 0.25) is 0 Å². The molecule has 0 radical (unpaired) electrons. The van der Waals surface area contributed by atoms with E-state index in [1.165, 1.54) is 12.1 Å². The molecule has 1 aliphatic rings. The largest absolute Gasteiger partial charge is 0.344 e. The Hall–Kier alpha value is -2.60. The van der Waals surface area contributed by atoms with Gasteiger partial charge in [-0.15, -0.1) is 0 Å². The first-order chi connectivity index (χ1) is 14.6. The molecule has 3 N–H and O–H groups in total. The van der Waals surface area contributed by atoms with Crippen molar-refractivity contribution in [2.45, 2.75) is 22.7 Å². The second-order valence-electron chi connectivity index (χ2n) is 7.28. The van der Waals surface area contributed by atoms with Crippen molar-refractivity contribution in [2.24, 2.45) is 5.73 Å². The predicted octanol–water partition coefficient (Wildman–Crippen LogP) is -0.313. The van der Waals surface area contributed by atoms with Gasteiger partial charge in [0.15, 0.2) is 15.6 Å². The first-order valence-electron chi connectivity index (χ1n) is 9.47. The molecule has 1 aliphatic heterocycles. The van der Waals surface area contributed by atoms with E-state index in [9.17, 15) is 26.4 Å². The van der Waals surface area contributed by atoms with E-state index in [-0.39, 0.29) is 23.7 Å². The lowest BCUT2D eigenvalue weighted by atomic mass is 10.2. The van der Waals surface area contributed by atoms with Crippen molar-refractivity contribution in [3.8, 4) is 0 Å². The van der Waals surface area contributed by atoms with Gasteiger partial charge in [-0.2, -0.15) is 4.31 Å². The first-order valence-corrected chi connectivity index (χ1v) is 12.7. The average molecular weight is 466 g/mol. The highest BCUT2D eigenvalue weighted by Crippen LogP contribution is 2.19. The highest BCUT2D eigenvalue weighted by atomic mass is 32.2. The minimum atomic E-state index is -3.89. The number of nitrogens with two attached hydrogens (primary N) is 1. The number of Topliss-reactive ketones (excluding diaryl/α,β-unsaturated/α-hetero) is 1. The van der Waals surface area contributed by atoms with E-state index in [1.807, 2.05) is 0 Å². The van der Waals surface area contributed by atoms with E-state index in [0.29, 0.717) is 5.56 Å². The van der Waals surface area contributed by atoms with Crippen LogP contribution in [0.4, 0.5) is 0 Å². The number of benzene rings is 2. The summed E-state index contributed by atoms with van der Waals surface area (Å²) >= 11 is 0. The fourth-order valence-electron chi connectivity index (χ4n) is 3.22. The standard InChI is InChI=1S/C20H23N3O6S2/c21-17(14-30(26,27)13-15-7-3-1-4-8-15)20(25)22-18-11-23(12-19(18)24)31(28,29)16-9-5-2-6-10-16/h1-10,17-18H,11-14,21H2,(H,22,25). The van der Waals surface area contributed by atoms with Gasteiger partial charge in [0, 0.05) is 6.54 Å². The second-order valence-corrected chi connectivity index (χ2v) is 11.3. The summed E-state index contributed by atoms with van der Waals surface area (Å²) in [5, 5.41) is 2.38. The molecule has 1 fully saturated rings. The third kappa shape index (κ3) is 5.76. The van der Waals surface area contributed by atoms with Gasteiger partial charge in [0.1, 0.15) is 6.04 Å². The molecule has 2 unspecified atom stereocenters. The quantitative estimate of drug-likeness (QED) is 0.544. The molecule has 0 spiro atoms. The Balaban J connectivity index is 1.60. The zero-order valence-electron chi connectivity index (χ0n) is 16.5. The molecule has 2 atom stereocenters. The molecule has 0 bridgehead atoms. The van der Waals surface area contributed by atoms with Gasteiger partial charge in [-0.25, -0.2) is 16.8 Å². The summed E-state index contributed by atoms with van der Waals surface area (Å²) in [6.07, 6.45) is 0. The number of hydrogen-bond acceptors (Lipinski definition) is 7. The number of amides is 1. The minimum Gasteiger partial charge on any atom is -0.344 e. The van der Waals surface area contributed by atoms with Crippen LogP contribution in [-0.2, 0) is 35.2 Å². The molecule has 0 aromatic heterocycles. The van der Waals surface area contributed by atoms with E-state index in [4.69, 9.17) is 5.73 Å². The number of ketones is 1. The summed E-state index contributed by atoms with van der Waals surface area (Å²) in [5.74, 6) is -2.18. The predicted molar refractivity (Wildman–Crippen MR) is 114 cm³/mol. The lowest BCUT2D eigenvalue weighted by molar-refractivity contribution is -0.126. The third-order valence-electron chi connectivity index (χ3n) is 4.80. The summed E-state index contributed by atoms with van der Waals surface area (Å²) in [5.41, 5.74) is 6.33. The molecular weight excluding hydrogens is 442 g/mol. The van der Waals surface area contributed by atoms with Gasteiger partial charge in [-0.3, -0.25) is 9.59 Å². The zero-order chi connectivity index (χ0) is 22.6. The van der Waals surface area contributed by atoms with Gasteiger partial charge in [0.2, 0.25) is 15.9 Å². The molecule has 0 saturated carbocycles. The Morgan fingerprint density at radius 2 is 1.61 bits per heavy atom. The zero-order valence-corrected chi connectivity index (χ0v) is 18.2. The molecule has 9 nitrogen and oxygen atoms in total. The van der Waals surface area contributed by atoms with Crippen LogP contribution in [0.1, 0.15) is 5.56 Å². The maximum absolute atomic E-state index is 12.7. The van der Waals surface area contributed by atoms with E-state index >= 15 is 0 Å². The van der Waals surface area contributed by atoms with Gasteiger partial charge in [-0.05, 0) is 17.7 Å². The van der Waals surface area contributed by atoms with Gasteiger partial charge in [0.25, 0.3) is 0 Å². The third-order valence-corrected chi connectivity index (χ3v) is 8.27. The van der Waals surface area contributed by atoms with Crippen LogP contribution in [-0.4, -0.2) is 63.8 Å². The number of nitrogens with one attached hydrogen (secondary N) is 1. The fraction of sp³-hybridized carbons (Fsp3) is 0.300.